The summed E-state index contributed by atoms with van der Waals surface area (Å²) in [6.07, 6.45) is 3.35. The zero-order valence-electron chi connectivity index (χ0n) is 9.52. The van der Waals surface area contributed by atoms with Gasteiger partial charge in [-0.3, -0.25) is 0 Å². The van der Waals surface area contributed by atoms with E-state index in [0.717, 1.165) is 31.9 Å². The first kappa shape index (κ1) is 11.8. The standard InChI is InChI=1S/C11H17BrN4/c1-2-3-5-14-10-8-7-13-6-4-9(8)15-11(12)16-10/h13H,2-7H2,1H3,(H,14,15,16). The van der Waals surface area contributed by atoms with Gasteiger partial charge in [0.25, 0.3) is 0 Å². The van der Waals surface area contributed by atoms with Crippen LogP contribution >= 0.6 is 15.9 Å². The summed E-state index contributed by atoms with van der Waals surface area (Å²) in [5.41, 5.74) is 2.39. The topological polar surface area (TPSA) is 49.8 Å². The third-order valence-corrected chi connectivity index (χ3v) is 3.08. The van der Waals surface area contributed by atoms with E-state index in [4.69, 9.17) is 0 Å². The van der Waals surface area contributed by atoms with Crippen molar-refractivity contribution in [1.29, 1.82) is 0 Å². The summed E-state index contributed by atoms with van der Waals surface area (Å²) in [6.45, 7) is 5.04. The summed E-state index contributed by atoms with van der Waals surface area (Å²) in [6, 6.07) is 0. The van der Waals surface area contributed by atoms with Crippen LogP contribution in [0.3, 0.4) is 0 Å². The van der Waals surface area contributed by atoms with Crippen LogP contribution in [-0.2, 0) is 13.0 Å². The molecule has 0 amide bonds. The maximum atomic E-state index is 4.43. The van der Waals surface area contributed by atoms with Crippen LogP contribution in [0.25, 0.3) is 0 Å². The lowest BCUT2D eigenvalue weighted by molar-refractivity contribution is 0.624. The van der Waals surface area contributed by atoms with E-state index < -0.39 is 0 Å². The molecule has 1 aliphatic rings. The summed E-state index contributed by atoms with van der Waals surface area (Å²) in [4.78, 5) is 8.84. The van der Waals surface area contributed by atoms with E-state index in [1.807, 2.05) is 0 Å². The number of anilines is 1. The molecule has 0 spiro atoms. The van der Waals surface area contributed by atoms with Gasteiger partial charge in [0.15, 0.2) is 4.73 Å². The molecule has 1 aromatic heterocycles. The largest absolute Gasteiger partial charge is 0.370 e. The minimum atomic E-state index is 0.687. The summed E-state index contributed by atoms with van der Waals surface area (Å²) in [5.74, 6) is 0.984. The van der Waals surface area contributed by atoms with Crippen molar-refractivity contribution in [2.24, 2.45) is 0 Å². The average Bonchev–Trinajstić information content (AvgIpc) is 2.29. The Balaban J connectivity index is 2.18. The summed E-state index contributed by atoms with van der Waals surface area (Å²) < 4.78 is 0.687. The number of halogens is 1. The number of fused-ring (bicyclic) bond motifs is 1. The van der Waals surface area contributed by atoms with Crippen LogP contribution in [0.4, 0.5) is 5.82 Å². The lowest BCUT2D eigenvalue weighted by Crippen LogP contribution is -2.26. The van der Waals surface area contributed by atoms with Crippen molar-refractivity contribution in [3.63, 3.8) is 0 Å². The third-order valence-electron chi connectivity index (χ3n) is 2.73. The Morgan fingerprint density at radius 3 is 3.12 bits per heavy atom. The molecule has 0 aliphatic carbocycles. The molecule has 1 aliphatic heterocycles. The predicted molar refractivity (Wildman–Crippen MR) is 68.5 cm³/mol. The summed E-state index contributed by atoms with van der Waals surface area (Å²) in [7, 11) is 0. The van der Waals surface area contributed by atoms with Crippen LogP contribution in [0.5, 0.6) is 0 Å². The molecule has 0 saturated heterocycles. The molecule has 5 heteroatoms. The van der Waals surface area contributed by atoms with Crippen LogP contribution in [0, 0.1) is 0 Å². The van der Waals surface area contributed by atoms with Gasteiger partial charge in [0.05, 0.1) is 5.69 Å². The molecule has 0 aromatic carbocycles. The Kier molecular flexibility index (Phi) is 4.12. The Morgan fingerprint density at radius 2 is 2.31 bits per heavy atom. The van der Waals surface area contributed by atoms with Crippen molar-refractivity contribution in [1.82, 2.24) is 15.3 Å². The molecular formula is C11H17BrN4. The Morgan fingerprint density at radius 1 is 1.44 bits per heavy atom. The van der Waals surface area contributed by atoms with Crippen molar-refractivity contribution in [3.05, 3.63) is 16.0 Å². The van der Waals surface area contributed by atoms with Gasteiger partial charge in [-0.2, -0.15) is 0 Å². The second-order valence-corrected chi connectivity index (χ2v) is 4.68. The van der Waals surface area contributed by atoms with E-state index in [-0.39, 0.29) is 0 Å². The maximum absolute atomic E-state index is 4.43. The van der Waals surface area contributed by atoms with Crippen molar-refractivity contribution >= 4 is 21.7 Å². The first-order valence-electron chi connectivity index (χ1n) is 5.81. The van der Waals surface area contributed by atoms with Crippen molar-refractivity contribution in [2.45, 2.75) is 32.7 Å². The highest BCUT2D eigenvalue weighted by molar-refractivity contribution is 9.10. The average molecular weight is 285 g/mol. The fourth-order valence-electron chi connectivity index (χ4n) is 1.84. The minimum Gasteiger partial charge on any atom is -0.370 e. The number of nitrogens with zero attached hydrogens (tertiary/aromatic N) is 2. The molecule has 1 aromatic rings. The lowest BCUT2D eigenvalue weighted by Gasteiger charge is -2.19. The Hall–Kier alpha value is -0.680. The maximum Gasteiger partial charge on any atom is 0.198 e. The molecule has 0 saturated carbocycles. The smallest absolute Gasteiger partial charge is 0.198 e. The fourth-order valence-corrected chi connectivity index (χ4v) is 2.23. The van der Waals surface area contributed by atoms with Crippen molar-refractivity contribution in [3.8, 4) is 0 Å². The molecule has 2 rings (SSSR count). The first-order chi connectivity index (χ1) is 7.81. The summed E-state index contributed by atoms with van der Waals surface area (Å²) in [5, 5.41) is 6.75. The van der Waals surface area contributed by atoms with Gasteiger partial charge in [0, 0.05) is 31.6 Å². The monoisotopic (exact) mass is 284 g/mol. The highest BCUT2D eigenvalue weighted by Crippen LogP contribution is 2.21. The van der Waals surface area contributed by atoms with Gasteiger partial charge in [-0.25, -0.2) is 9.97 Å². The molecule has 0 atom stereocenters. The molecular weight excluding hydrogens is 268 g/mol. The van der Waals surface area contributed by atoms with E-state index in [1.54, 1.807) is 0 Å². The van der Waals surface area contributed by atoms with Crippen molar-refractivity contribution < 1.29 is 0 Å². The molecule has 4 nitrogen and oxygen atoms in total. The predicted octanol–water partition coefficient (Wildman–Crippen LogP) is 2.10. The highest BCUT2D eigenvalue weighted by atomic mass is 79.9. The lowest BCUT2D eigenvalue weighted by atomic mass is 10.1. The molecule has 88 valence electrons. The number of unbranched alkanes of at least 4 members (excludes halogenated alkanes) is 1. The highest BCUT2D eigenvalue weighted by Gasteiger charge is 2.16. The molecule has 2 N–H and O–H groups in total. The zero-order chi connectivity index (χ0) is 11.4. The molecule has 0 unspecified atom stereocenters. The van der Waals surface area contributed by atoms with Gasteiger partial charge < -0.3 is 10.6 Å². The molecule has 2 heterocycles. The van der Waals surface area contributed by atoms with E-state index in [2.05, 4.69) is 43.5 Å². The Bertz CT molecular complexity index is 367. The number of aromatic nitrogens is 2. The molecule has 0 fully saturated rings. The van der Waals surface area contributed by atoms with Crippen LogP contribution < -0.4 is 10.6 Å². The molecule has 0 bridgehead atoms. The minimum absolute atomic E-state index is 0.687. The number of hydrogen-bond donors (Lipinski definition) is 2. The third kappa shape index (κ3) is 2.71. The second kappa shape index (κ2) is 5.59. The molecule has 0 radical (unpaired) electrons. The number of nitrogens with one attached hydrogen (secondary N) is 2. The van der Waals surface area contributed by atoms with E-state index in [1.165, 1.54) is 24.1 Å². The molecule has 16 heavy (non-hydrogen) atoms. The van der Waals surface area contributed by atoms with Crippen LogP contribution in [0.15, 0.2) is 4.73 Å². The number of rotatable bonds is 4. The zero-order valence-corrected chi connectivity index (χ0v) is 11.1. The van der Waals surface area contributed by atoms with Crippen LogP contribution in [-0.4, -0.2) is 23.1 Å². The van der Waals surface area contributed by atoms with Gasteiger partial charge in [-0.05, 0) is 22.4 Å². The van der Waals surface area contributed by atoms with Gasteiger partial charge in [0.1, 0.15) is 5.82 Å². The quantitative estimate of drug-likeness (QED) is 0.657. The first-order valence-corrected chi connectivity index (χ1v) is 6.60. The summed E-state index contributed by atoms with van der Waals surface area (Å²) >= 11 is 3.37. The van der Waals surface area contributed by atoms with Gasteiger partial charge in [-0.1, -0.05) is 13.3 Å². The van der Waals surface area contributed by atoms with E-state index in [9.17, 15) is 0 Å². The van der Waals surface area contributed by atoms with Gasteiger partial charge in [-0.15, -0.1) is 0 Å². The fraction of sp³-hybridized carbons (Fsp3) is 0.636. The normalized spacial score (nSPS) is 14.6. The second-order valence-electron chi connectivity index (χ2n) is 3.97. The number of hydrogen-bond acceptors (Lipinski definition) is 4. The Labute approximate surface area is 104 Å². The van der Waals surface area contributed by atoms with Gasteiger partial charge in [0.2, 0.25) is 0 Å². The van der Waals surface area contributed by atoms with Crippen molar-refractivity contribution in [2.75, 3.05) is 18.4 Å². The van der Waals surface area contributed by atoms with Gasteiger partial charge >= 0.3 is 0 Å². The SMILES string of the molecule is CCCCNc1nc(Br)nc2c1CNCC2. The van der Waals surface area contributed by atoms with Crippen LogP contribution in [0.1, 0.15) is 31.0 Å². The van der Waals surface area contributed by atoms with Crippen LogP contribution in [0.2, 0.25) is 0 Å². The van der Waals surface area contributed by atoms with E-state index >= 15 is 0 Å². The van der Waals surface area contributed by atoms with E-state index in [0.29, 0.717) is 4.73 Å².